The average Bonchev–Trinajstić information content (AvgIpc) is 2.41. The number of carboxylic acid groups (broad SMARTS) is 1. The molecule has 20 heavy (non-hydrogen) atoms. The molecule has 0 heterocycles. The van der Waals surface area contributed by atoms with Crippen molar-refractivity contribution in [1.82, 2.24) is 5.32 Å². The largest absolute Gasteiger partial charge is 0.480 e. The maximum Gasteiger partial charge on any atom is 0.325 e. The van der Waals surface area contributed by atoms with Crippen LogP contribution in [0.25, 0.3) is 0 Å². The third kappa shape index (κ3) is 4.63. The molecule has 1 aromatic carbocycles. The van der Waals surface area contributed by atoms with E-state index in [1.807, 2.05) is 0 Å². The molecular formula is C13H12ClN3O3. The van der Waals surface area contributed by atoms with Crippen LogP contribution in [-0.2, 0) is 9.59 Å². The number of hydrogen-bond donors (Lipinski definition) is 3. The van der Waals surface area contributed by atoms with E-state index in [1.165, 1.54) is 6.92 Å². The van der Waals surface area contributed by atoms with E-state index in [0.29, 0.717) is 10.7 Å². The summed E-state index contributed by atoms with van der Waals surface area (Å²) in [5, 5.41) is 23.0. The van der Waals surface area contributed by atoms with Crippen LogP contribution in [0.1, 0.15) is 6.92 Å². The molecule has 0 aliphatic heterocycles. The van der Waals surface area contributed by atoms with Gasteiger partial charge in [-0.3, -0.25) is 9.59 Å². The highest BCUT2D eigenvalue weighted by atomic mass is 35.5. The van der Waals surface area contributed by atoms with Crippen LogP contribution < -0.4 is 10.6 Å². The molecule has 0 bridgehead atoms. The van der Waals surface area contributed by atoms with Crippen LogP contribution in [0.5, 0.6) is 0 Å². The molecule has 1 aromatic rings. The van der Waals surface area contributed by atoms with Gasteiger partial charge in [-0.1, -0.05) is 11.6 Å². The molecule has 6 nitrogen and oxygen atoms in total. The Morgan fingerprint density at radius 2 is 2.00 bits per heavy atom. The van der Waals surface area contributed by atoms with Crippen LogP contribution in [-0.4, -0.2) is 23.0 Å². The number of carboxylic acids is 1. The van der Waals surface area contributed by atoms with Gasteiger partial charge in [0.15, 0.2) is 0 Å². The molecule has 0 aliphatic rings. The first-order valence-corrected chi connectivity index (χ1v) is 5.98. The van der Waals surface area contributed by atoms with E-state index in [9.17, 15) is 9.59 Å². The zero-order chi connectivity index (χ0) is 15.1. The van der Waals surface area contributed by atoms with Gasteiger partial charge in [0.1, 0.15) is 17.7 Å². The van der Waals surface area contributed by atoms with Gasteiger partial charge >= 0.3 is 5.97 Å². The fraction of sp³-hybridized carbons (Fsp3) is 0.154. The van der Waals surface area contributed by atoms with Gasteiger partial charge < -0.3 is 15.7 Å². The van der Waals surface area contributed by atoms with E-state index in [2.05, 4.69) is 10.6 Å². The minimum Gasteiger partial charge on any atom is -0.480 e. The summed E-state index contributed by atoms with van der Waals surface area (Å²) in [6.07, 6.45) is 1.07. The number of carbonyl (C=O) groups excluding carboxylic acids is 1. The third-order valence-corrected chi connectivity index (χ3v) is 2.57. The van der Waals surface area contributed by atoms with Crippen molar-refractivity contribution in [2.75, 3.05) is 5.32 Å². The molecule has 0 radical (unpaired) electrons. The number of nitrogens with one attached hydrogen (secondary N) is 2. The van der Waals surface area contributed by atoms with E-state index in [4.69, 9.17) is 22.0 Å². The average molecular weight is 294 g/mol. The Labute approximate surface area is 120 Å². The van der Waals surface area contributed by atoms with E-state index < -0.39 is 17.9 Å². The Morgan fingerprint density at radius 1 is 1.40 bits per heavy atom. The van der Waals surface area contributed by atoms with E-state index in [0.717, 1.165) is 6.20 Å². The van der Waals surface area contributed by atoms with Crippen LogP contribution in [0.4, 0.5) is 5.69 Å². The summed E-state index contributed by atoms with van der Waals surface area (Å²) < 4.78 is 0. The number of nitrogens with zero attached hydrogens (tertiary/aromatic N) is 1. The first-order chi connectivity index (χ1) is 9.43. The summed E-state index contributed by atoms with van der Waals surface area (Å²) in [4.78, 5) is 22.4. The second-order valence-corrected chi connectivity index (χ2v) is 4.29. The van der Waals surface area contributed by atoms with Crippen molar-refractivity contribution < 1.29 is 14.7 Å². The van der Waals surface area contributed by atoms with E-state index in [-0.39, 0.29) is 5.57 Å². The lowest BCUT2D eigenvalue weighted by molar-refractivity contribution is -0.138. The lowest BCUT2D eigenvalue weighted by Crippen LogP contribution is -2.30. The lowest BCUT2D eigenvalue weighted by atomic mass is 10.2. The predicted octanol–water partition coefficient (Wildman–Crippen LogP) is 1.75. The predicted molar refractivity (Wildman–Crippen MR) is 74.0 cm³/mol. The van der Waals surface area contributed by atoms with Gasteiger partial charge in [0.2, 0.25) is 0 Å². The fourth-order valence-corrected chi connectivity index (χ4v) is 1.29. The van der Waals surface area contributed by atoms with Gasteiger partial charge in [-0.05, 0) is 31.2 Å². The maximum absolute atomic E-state index is 11.8. The van der Waals surface area contributed by atoms with Crippen molar-refractivity contribution in [3.63, 3.8) is 0 Å². The van der Waals surface area contributed by atoms with Crippen LogP contribution in [0.2, 0.25) is 5.02 Å². The molecule has 1 rings (SSSR count). The van der Waals surface area contributed by atoms with Crippen LogP contribution in [0, 0.1) is 11.3 Å². The summed E-state index contributed by atoms with van der Waals surface area (Å²) >= 11 is 5.71. The second-order valence-electron chi connectivity index (χ2n) is 3.86. The SMILES string of the molecule is CC(N/C=C(/C#N)C(=O)Nc1ccc(Cl)cc1)C(=O)O. The molecule has 3 N–H and O–H groups in total. The summed E-state index contributed by atoms with van der Waals surface area (Å²) in [7, 11) is 0. The zero-order valence-electron chi connectivity index (χ0n) is 10.6. The van der Waals surface area contributed by atoms with Gasteiger partial charge in [0, 0.05) is 16.9 Å². The molecule has 0 aliphatic carbocycles. The summed E-state index contributed by atoms with van der Waals surface area (Å²) in [5.41, 5.74) is 0.250. The second kappa shape index (κ2) is 7.16. The molecule has 0 aromatic heterocycles. The molecule has 0 saturated carbocycles. The Kier molecular flexibility index (Phi) is 5.56. The lowest BCUT2D eigenvalue weighted by Gasteiger charge is -2.07. The number of aliphatic carboxylic acids is 1. The number of carbonyl (C=O) groups is 2. The number of hydrogen-bond acceptors (Lipinski definition) is 4. The minimum absolute atomic E-state index is 0.229. The number of amides is 1. The Balaban J connectivity index is 2.73. The first-order valence-electron chi connectivity index (χ1n) is 5.60. The van der Waals surface area contributed by atoms with Gasteiger partial charge in [-0.15, -0.1) is 0 Å². The van der Waals surface area contributed by atoms with Crippen molar-refractivity contribution in [3.8, 4) is 6.07 Å². The molecule has 0 saturated heterocycles. The quantitative estimate of drug-likeness (QED) is 0.567. The topological polar surface area (TPSA) is 102 Å². The summed E-state index contributed by atoms with van der Waals surface area (Å²) in [6.45, 7) is 1.39. The summed E-state index contributed by atoms with van der Waals surface area (Å²) in [5.74, 6) is -1.73. The highest BCUT2D eigenvalue weighted by Crippen LogP contribution is 2.14. The Hall–Kier alpha value is -2.52. The van der Waals surface area contributed by atoms with Crippen LogP contribution in [0.3, 0.4) is 0 Å². The van der Waals surface area contributed by atoms with Crippen LogP contribution in [0.15, 0.2) is 36.0 Å². The monoisotopic (exact) mass is 293 g/mol. The number of rotatable bonds is 5. The number of halogens is 1. The van der Waals surface area contributed by atoms with E-state index in [1.54, 1.807) is 30.3 Å². The minimum atomic E-state index is -1.09. The van der Waals surface area contributed by atoms with Crippen molar-refractivity contribution >= 4 is 29.2 Å². The molecular weight excluding hydrogens is 282 g/mol. The van der Waals surface area contributed by atoms with Gasteiger partial charge in [0.25, 0.3) is 5.91 Å². The molecule has 1 atom stereocenters. The standard InChI is InChI=1S/C13H12ClN3O3/c1-8(13(19)20)16-7-9(6-15)12(18)17-11-4-2-10(14)3-5-11/h2-5,7-8,16H,1H3,(H,17,18)(H,19,20)/b9-7-. The fourth-order valence-electron chi connectivity index (χ4n) is 1.16. The highest BCUT2D eigenvalue weighted by Gasteiger charge is 2.12. The van der Waals surface area contributed by atoms with E-state index >= 15 is 0 Å². The molecule has 104 valence electrons. The number of nitriles is 1. The molecule has 1 amide bonds. The molecule has 1 unspecified atom stereocenters. The van der Waals surface area contributed by atoms with Gasteiger partial charge in [-0.25, -0.2) is 0 Å². The van der Waals surface area contributed by atoms with Crippen molar-refractivity contribution in [3.05, 3.63) is 41.1 Å². The molecule has 7 heteroatoms. The number of anilines is 1. The van der Waals surface area contributed by atoms with Crippen molar-refractivity contribution in [2.24, 2.45) is 0 Å². The molecule has 0 fully saturated rings. The maximum atomic E-state index is 11.8. The normalized spacial score (nSPS) is 12.2. The van der Waals surface area contributed by atoms with Crippen LogP contribution >= 0.6 is 11.6 Å². The zero-order valence-corrected chi connectivity index (χ0v) is 11.3. The number of benzene rings is 1. The Morgan fingerprint density at radius 3 is 2.50 bits per heavy atom. The van der Waals surface area contributed by atoms with Crippen molar-refractivity contribution in [2.45, 2.75) is 13.0 Å². The first kappa shape index (κ1) is 15.5. The Bertz CT molecular complexity index is 576. The smallest absolute Gasteiger partial charge is 0.325 e. The molecule has 0 spiro atoms. The van der Waals surface area contributed by atoms with Gasteiger partial charge in [-0.2, -0.15) is 5.26 Å². The third-order valence-electron chi connectivity index (χ3n) is 2.32. The van der Waals surface area contributed by atoms with Gasteiger partial charge in [0.05, 0.1) is 0 Å². The summed E-state index contributed by atoms with van der Waals surface area (Å²) in [6, 6.07) is 7.16. The highest BCUT2D eigenvalue weighted by molar-refractivity contribution is 6.30. The van der Waals surface area contributed by atoms with Crippen molar-refractivity contribution in [1.29, 1.82) is 5.26 Å².